The summed E-state index contributed by atoms with van der Waals surface area (Å²) in [4.78, 5) is 18.3. The Balaban J connectivity index is 1.87. The molecule has 6 nitrogen and oxygen atoms in total. The number of nitrogens with zero attached hydrogens (tertiary/aromatic N) is 3. The van der Waals surface area contributed by atoms with Crippen LogP contribution in [0.4, 0.5) is 0 Å². The highest BCUT2D eigenvalue weighted by molar-refractivity contribution is 9.10. The molecule has 1 aliphatic carbocycles. The Morgan fingerprint density at radius 3 is 2.61 bits per heavy atom. The summed E-state index contributed by atoms with van der Waals surface area (Å²) in [7, 11) is 3.25. The van der Waals surface area contributed by atoms with Crippen molar-refractivity contribution in [1.29, 1.82) is 0 Å². The topological polar surface area (TPSA) is 65.7 Å². The summed E-state index contributed by atoms with van der Waals surface area (Å²) < 4.78 is 13.3. The van der Waals surface area contributed by atoms with Gasteiger partial charge < -0.3 is 9.47 Å². The molecule has 0 saturated heterocycles. The quantitative estimate of drug-likeness (QED) is 0.454. The highest BCUT2D eigenvalue weighted by atomic mass is 79.9. The van der Waals surface area contributed by atoms with Crippen molar-refractivity contribution in [3.05, 3.63) is 62.1 Å². The lowest BCUT2D eigenvalue weighted by Crippen LogP contribution is -2.25. The minimum atomic E-state index is -0.160. The molecule has 2 aromatic carbocycles. The summed E-state index contributed by atoms with van der Waals surface area (Å²) in [5.74, 6) is 2.38. The molecule has 0 aliphatic heterocycles. The van der Waals surface area contributed by atoms with E-state index < -0.39 is 0 Å². The number of aromatic nitrogens is 2. The number of hydrogen-bond donors (Lipinski definition) is 0. The maximum atomic E-state index is 13.4. The number of hydrogen-bond acceptors (Lipinski definition) is 5. The van der Waals surface area contributed by atoms with Crippen LogP contribution >= 0.6 is 15.9 Å². The van der Waals surface area contributed by atoms with Gasteiger partial charge in [-0.05, 0) is 50.1 Å². The van der Waals surface area contributed by atoms with Gasteiger partial charge in [0, 0.05) is 21.5 Å². The van der Waals surface area contributed by atoms with Crippen LogP contribution in [0.1, 0.15) is 55.0 Å². The van der Waals surface area contributed by atoms with Crippen molar-refractivity contribution >= 4 is 33.0 Å². The Morgan fingerprint density at radius 2 is 1.90 bits per heavy atom. The third-order valence-electron chi connectivity index (χ3n) is 5.93. The fourth-order valence-electron chi connectivity index (χ4n) is 4.31. The molecule has 0 spiro atoms. The second-order valence-corrected chi connectivity index (χ2v) is 8.76. The van der Waals surface area contributed by atoms with Gasteiger partial charge in [-0.3, -0.25) is 4.79 Å². The highest BCUT2D eigenvalue weighted by Gasteiger charge is 2.22. The maximum Gasteiger partial charge on any atom is 0.282 e. The first-order chi connectivity index (χ1) is 15.0. The standard InChI is InChI=1S/C24H26BrN3O3/c1-15-21(30-2)12-9-17(22(15)31-3)14-26-28-23(16-7-5-4-6-8-16)27-20-11-10-18(25)13-19(20)24(28)29/h9-14,16H,4-8H2,1-3H3. The van der Waals surface area contributed by atoms with E-state index in [1.807, 2.05) is 31.2 Å². The third kappa shape index (κ3) is 4.24. The smallest absolute Gasteiger partial charge is 0.282 e. The molecule has 1 fully saturated rings. The van der Waals surface area contributed by atoms with Crippen LogP contribution in [0.2, 0.25) is 0 Å². The Morgan fingerprint density at radius 1 is 1.13 bits per heavy atom. The van der Waals surface area contributed by atoms with Gasteiger partial charge in [-0.15, -0.1) is 0 Å². The molecule has 0 radical (unpaired) electrons. The monoisotopic (exact) mass is 483 g/mol. The van der Waals surface area contributed by atoms with Crippen LogP contribution in [0.15, 0.2) is 44.7 Å². The molecule has 3 aromatic rings. The molecule has 162 valence electrons. The van der Waals surface area contributed by atoms with E-state index in [2.05, 4.69) is 21.0 Å². The second-order valence-electron chi connectivity index (χ2n) is 7.84. The second kappa shape index (κ2) is 9.22. The maximum absolute atomic E-state index is 13.4. The van der Waals surface area contributed by atoms with Crippen molar-refractivity contribution in [3.63, 3.8) is 0 Å². The largest absolute Gasteiger partial charge is 0.496 e. The van der Waals surface area contributed by atoms with Gasteiger partial charge in [0.25, 0.3) is 5.56 Å². The van der Waals surface area contributed by atoms with Gasteiger partial charge in [0.05, 0.1) is 31.3 Å². The van der Waals surface area contributed by atoms with Gasteiger partial charge in [-0.2, -0.15) is 9.78 Å². The van der Waals surface area contributed by atoms with E-state index in [0.717, 1.165) is 52.9 Å². The van der Waals surface area contributed by atoms with Gasteiger partial charge in [-0.25, -0.2) is 4.98 Å². The molecular weight excluding hydrogens is 458 g/mol. The number of ether oxygens (including phenoxy) is 2. The molecule has 31 heavy (non-hydrogen) atoms. The van der Waals surface area contributed by atoms with Gasteiger partial charge in [0.1, 0.15) is 17.3 Å². The molecule has 0 N–H and O–H groups in total. The van der Waals surface area contributed by atoms with E-state index in [-0.39, 0.29) is 11.5 Å². The summed E-state index contributed by atoms with van der Waals surface area (Å²) in [6.45, 7) is 1.93. The summed E-state index contributed by atoms with van der Waals surface area (Å²) in [6.07, 6.45) is 7.24. The van der Waals surface area contributed by atoms with Crippen LogP contribution in [0, 0.1) is 6.92 Å². The van der Waals surface area contributed by atoms with Crippen LogP contribution in [-0.4, -0.2) is 30.1 Å². The molecule has 0 amide bonds. The molecule has 1 heterocycles. The Kier molecular flexibility index (Phi) is 6.41. The average Bonchev–Trinajstić information content (AvgIpc) is 2.79. The lowest BCUT2D eigenvalue weighted by atomic mass is 9.88. The predicted molar refractivity (Wildman–Crippen MR) is 127 cm³/mol. The zero-order valence-electron chi connectivity index (χ0n) is 18.0. The lowest BCUT2D eigenvalue weighted by Gasteiger charge is -2.22. The summed E-state index contributed by atoms with van der Waals surface area (Å²) >= 11 is 3.46. The van der Waals surface area contributed by atoms with E-state index >= 15 is 0 Å². The van der Waals surface area contributed by atoms with Crippen LogP contribution < -0.4 is 15.0 Å². The number of methoxy groups -OCH3 is 2. The molecule has 0 bridgehead atoms. The number of fused-ring (bicyclic) bond motifs is 1. The highest BCUT2D eigenvalue weighted by Crippen LogP contribution is 2.33. The van der Waals surface area contributed by atoms with Crippen LogP contribution in [0.25, 0.3) is 10.9 Å². The normalized spacial score (nSPS) is 15.0. The molecule has 1 saturated carbocycles. The molecule has 7 heteroatoms. The number of rotatable bonds is 5. The van der Waals surface area contributed by atoms with Gasteiger partial charge >= 0.3 is 0 Å². The number of benzene rings is 2. The minimum Gasteiger partial charge on any atom is -0.496 e. The van der Waals surface area contributed by atoms with Crippen LogP contribution in [0.3, 0.4) is 0 Å². The van der Waals surface area contributed by atoms with Gasteiger partial charge in [0.15, 0.2) is 0 Å². The summed E-state index contributed by atoms with van der Waals surface area (Å²) in [6, 6.07) is 9.36. The van der Waals surface area contributed by atoms with Crippen LogP contribution in [0.5, 0.6) is 11.5 Å². The first kappa shape index (κ1) is 21.6. The van der Waals surface area contributed by atoms with Gasteiger partial charge in [-0.1, -0.05) is 35.2 Å². The fourth-order valence-corrected chi connectivity index (χ4v) is 4.67. The Hall–Kier alpha value is -2.67. The molecule has 0 atom stereocenters. The summed E-state index contributed by atoms with van der Waals surface area (Å²) in [5.41, 5.74) is 2.21. The van der Waals surface area contributed by atoms with Crippen molar-refractivity contribution < 1.29 is 9.47 Å². The SMILES string of the molecule is COc1ccc(C=Nn2c(C3CCCCC3)nc3ccc(Br)cc3c2=O)c(OC)c1C. The van der Waals surface area contributed by atoms with Crippen molar-refractivity contribution in [1.82, 2.24) is 9.66 Å². The fraction of sp³-hybridized carbons (Fsp3) is 0.375. The lowest BCUT2D eigenvalue weighted by molar-refractivity contribution is 0.388. The average molecular weight is 484 g/mol. The van der Waals surface area contributed by atoms with Crippen LogP contribution in [-0.2, 0) is 0 Å². The Bertz CT molecular complexity index is 1200. The zero-order valence-corrected chi connectivity index (χ0v) is 19.6. The first-order valence-corrected chi connectivity index (χ1v) is 11.3. The van der Waals surface area contributed by atoms with Crippen molar-refractivity contribution in [3.8, 4) is 11.5 Å². The predicted octanol–water partition coefficient (Wildman–Crippen LogP) is 5.41. The van der Waals surface area contributed by atoms with E-state index in [1.54, 1.807) is 26.5 Å². The third-order valence-corrected chi connectivity index (χ3v) is 6.42. The molecule has 1 aliphatic rings. The minimum absolute atomic E-state index is 0.160. The molecule has 4 rings (SSSR count). The van der Waals surface area contributed by atoms with Gasteiger partial charge in [0.2, 0.25) is 0 Å². The Labute approximate surface area is 190 Å². The van der Waals surface area contributed by atoms with E-state index in [0.29, 0.717) is 16.7 Å². The van der Waals surface area contributed by atoms with E-state index in [4.69, 9.17) is 14.5 Å². The van der Waals surface area contributed by atoms with E-state index in [1.165, 1.54) is 11.1 Å². The number of halogens is 1. The summed E-state index contributed by atoms with van der Waals surface area (Å²) in [5, 5.41) is 5.16. The van der Waals surface area contributed by atoms with Crippen molar-refractivity contribution in [2.24, 2.45) is 5.10 Å². The zero-order chi connectivity index (χ0) is 22.0. The molecule has 1 aromatic heterocycles. The molecule has 0 unspecified atom stereocenters. The molecular formula is C24H26BrN3O3. The van der Waals surface area contributed by atoms with Crippen molar-refractivity contribution in [2.75, 3.05) is 14.2 Å². The van der Waals surface area contributed by atoms with Crippen molar-refractivity contribution in [2.45, 2.75) is 44.9 Å². The first-order valence-electron chi connectivity index (χ1n) is 10.5. The van der Waals surface area contributed by atoms with E-state index in [9.17, 15) is 4.79 Å².